The van der Waals surface area contributed by atoms with Crippen molar-refractivity contribution in [2.24, 2.45) is 10.2 Å². The van der Waals surface area contributed by atoms with Gasteiger partial charge in [0.2, 0.25) is 0 Å². The van der Waals surface area contributed by atoms with Gasteiger partial charge in [0.05, 0.1) is 5.71 Å². The second-order valence-corrected chi connectivity index (χ2v) is 4.46. The molecule has 5 nitrogen and oxygen atoms in total. The quantitative estimate of drug-likeness (QED) is 0.476. The highest BCUT2D eigenvalue weighted by atomic mass is 16.6. The van der Waals surface area contributed by atoms with E-state index < -0.39 is 11.7 Å². The molecule has 0 fully saturated rings. The minimum absolute atomic E-state index is 0. The van der Waals surface area contributed by atoms with E-state index in [-0.39, 0.29) is 1.43 Å². The van der Waals surface area contributed by atoms with Crippen LogP contribution in [-0.4, -0.2) is 23.2 Å². The molecule has 0 radical (unpaired) electrons. The summed E-state index contributed by atoms with van der Waals surface area (Å²) in [6.07, 6.45) is 1.84. The molecule has 0 aliphatic heterocycles. The molecule has 1 amide bonds. The number of amides is 1. The Hall–Kier alpha value is -1.65. The predicted molar refractivity (Wildman–Crippen MR) is 83.9 cm³/mol. The molecule has 19 heavy (non-hydrogen) atoms. The maximum absolute atomic E-state index is 11.4. The largest absolute Gasteiger partial charge is 0.444 e. The molecule has 0 aliphatic rings. The third-order valence-electron chi connectivity index (χ3n) is 1.61. The Morgan fingerprint density at radius 2 is 1.89 bits per heavy atom. The zero-order valence-electron chi connectivity index (χ0n) is 13.2. The van der Waals surface area contributed by atoms with Crippen LogP contribution in [0.2, 0.25) is 0 Å². The first-order chi connectivity index (χ1) is 8.78. The average molecular weight is 271 g/mol. The first-order valence-corrected chi connectivity index (χ1v) is 6.52. The van der Waals surface area contributed by atoms with Crippen LogP contribution in [0.3, 0.4) is 0 Å². The number of nitrogens with one attached hydrogen (secondary N) is 1. The van der Waals surface area contributed by atoms with Crippen molar-refractivity contribution in [2.45, 2.75) is 60.5 Å². The fourth-order valence-electron chi connectivity index (χ4n) is 0.871. The Bertz CT molecular complexity index is 345. The summed E-state index contributed by atoms with van der Waals surface area (Å²) in [6.45, 7) is 16.6. The van der Waals surface area contributed by atoms with Crippen LogP contribution in [-0.2, 0) is 4.74 Å². The van der Waals surface area contributed by atoms with Crippen LogP contribution >= 0.6 is 0 Å². The van der Waals surface area contributed by atoms with E-state index in [0.717, 1.165) is 12.1 Å². The van der Waals surface area contributed by atoms with Crippen molar-refractivity contribution in [3.05, 3.63) is 12.7 Å². The van der Waals surface area contributed by atoms with Crippen molar-refractivity contribution in [2.75, 3.05) is 0 Å². The van der Waals surface area contributed by atoms with Crippen LogP contribution < -0.4 is 5.32 Å². The molecule has 0 rings (SSSR count). The molecular formula is C14H29N3O2. The molecular weight excluding hydrogens is 242 g/mol. The molecule has 0 aromatic rings. The van der Waals surface area contributed by atoms with Gasteiger partial charge in [-0.3, -0.25) is 5.32 Å². The van der Waals surface area contributed by atoms with Crippen LogP contribution in [0.1, 0.15) is 56.3 Å². The zero-order valence-corrected chi connectivity index (χ0v) is 13.2. The van der Waals surface area contributed by atoms with Gasteiger partial charge in [-0.25, -0.2) is 4.79 Å². The number of ether oxygens (including phenoxy) is 1. The van der Waals surface area contributed by atoms with Gasteiger partial charge in [-0.1, -0.05) is 27.4 Å². The lowest BCUT2D eigenvalue weighted by molar-refractivity contribution is 0.0563. The predicted octanol–water partition coefficient (Wildman–Crippen LogP) is 4.15. The molecule has 0 saturated carbocycles. The molecule has 0 aromatic carbocycles. The first-order valence-electron chi connectivity index (χ1n) is 6.52. The Morgan fingerprint density at radius 1 is 1.37 bits per heavy atom. The highest BCUT2D eigenvalue weighted by Crippen LogP contribution is 2.06. The standard InChI is InChI=1S/C12H21N3O2.C2H6.H2/c1-7-10(8-2)15-14-9(3)13-11(16)17-12(4,5)6;1-2;/h7H,1,8H2,2-6H3,(H,13,14,16);1-2H3;1H/b15-10-;;. The number of rotatable bonds is 3. The number of hydrogen-bond acceptors (Lipinski definition) is 4. The van der Waals surface area contributed by atoms with Crippen molar-refractivity contribution in [3.8, 4) is 0 Å². The maximum Gasteiger partial charge on any atom is 0.413 e. The van der Waals surface area contributed by atoms with E-state index in [1.54, 1.807) is 33.8 Å². The zero-order chi connectivity index (χ0) is 15.5. The van der Waals surface area contributed by atoms with Gasteiger partial charge in [0.1, 0.15) is 11.4 Å². The molecule has 0 unspecified atom stereocenters. The molecule has 112 valence electrons. The molecule has 0 atom stereocenters. The van der Waals surface area contributed by atoms with Crippen LogP contribution in [0, 0.1) is 0 Å². The normalized spacial score (nSPS) is 12.2. The summed E-state index contributed by atoms with van der Waals surface area (Å²) in [7, 11) is 0. The first kappa shape index (κ1) is 19.7. The highest BCUT2D eigenvalue weighted by Gasteiger charge is 2.16. The molecule has 0 aliphatic carbocycles. The Balaban J connectivity index is -0.000000916. The van der Waals surface area contributed by atoms with Crippen molar-refractivity contribution >= 4 is 17.6 Å². The van der Waals surface area contributed by atoms with Crippen LogP contribution in [0.25, 0.3) is 0 Å². The number of carbonyl (C=O) groups is 1. The van der Waals surface area contributed by atoms with E-state index in [2.05, 4.69) is 22.1 Å². The minimum atomic E-state index is -0.536. The summed E-state index contributed by atoms with van der Waals surface area (Å²) in [4.78, 5) is 11.4. The minimum Gasteiger partial charge on any atom is -0.444 e. The Kier molecular flexibility index (Phi) is 10.7. The molecule has 0 spiro atoms. The fourth-order valence-corrected chi connectivity index (χ4v) is 0.871. The topological polar surface area (TPSA) is 63.0 Å². The number of nitrogens with zero attached hydrogens (tertiary/aromatic N) is 2. The Morgan fingerprint density at radius 3 is 2.26 bits per heavy atom. The van der Waals surface area contributed by atoms with E-state index >= 15 is 0 Å². The molecule has 0 bridgehead atoms. The molecule has 1 N–H and O–H groups in total. The third kappa shape index (κ3) is 12.6. The number of allylic oxidation sites excluding steroid dienone is 1. The smallest absolute Gasteiger partial charge is 0.413 e. The average Bonchev–Trinajstić information content (AvgIpc) is 2.30. The number of hydrogen-bond donors (Lipinski definition) is 1. The van der Waals surface area contributed by atoms with Crippen LogP contribution in [0.15, 0.2) is 22.9 Å². The highest BCUT2D eigenvalue weighted by molar-refractivity contribution is 5.96. The van der Waals surface area contributed by atoms with Crippen molar-refractivity contribution < 1.29 is 11.0 Å². The Labute approximate surface area is 118 Å². The lowest BCUT2D eigenvalue weighted by Gasteiger charge is -2.19. The third-order valence-corrected chi connectivity index (χ3v) is 1.61. The van der Waals surface area contributed by atoms with Crippen molar-refractivity contribution in [1.82, 2.24) is 5.32 Å². The van der Waals surface area contributed by atoms with E-state index in [9.17, 15) is 4.79 Å². The van der Waals surface area contributed by atoms with Gasteiger partial charge in [-0.05, 0) is 40.2 Å². The van der Waals surface area contributed by atoms with Gasteiger partial charge in [0.25, 0.3) is 0 Å². The fraction of sp³-hybridized carbons (Fsp3) is 0.643. The summed E-state index contributed by atoms with van der Waals surface area (Å²) in [5, 5.41) is 10.3. The van der Waals surface area contributed by atoms with Crippen LogP contribution in [0.4, 0.5) is 4.79 Å². The van der Waals surface area contributed by atoms with E-state index in [1.807, 2.05) is 20.8 Å². The molecule has 0 aromatic heterocycles. The summed E-state index contributed by atoms with van der Waals surface area (Å²) >= 11 is 0. The molecule has 5 heteroatoms. The number of amidine groups is 1. The summed E-state index contributed by atoms with van der Waals surface area (Å²) in [6, 6.07) is 0. The SMILES string of the molecule is C=C/C(CC)=N/N=C(\C)NC(=O)OC(C)(C)C.CC.[HH]. The maximum atomic E-state index is 11.4. The number of carbonyl (C=O) groups excluding carboxylic acids is 1. The van der Waals surface area contributed by atoms with Gasteiger partial charge < -0.3 is 4.74 Å². The van der Waals surface area contributed by atoms with Crippen molar-refractivity contribution in [3.63, 3.8) is 0 Å². The van der Waals surface area contributed by atoms with Gasteiger partial charge >= 0.3 is 6.09 Å². The van der Waals surface area contributed by atoms with Crippen molar-refractivity contribution in [1.29, 1.82) is 0 Å². The van der Waals surface area contributed by atoms with E-state index in [0.29, 0.717) is 5.84 Å². The monoisotopic (exact) mass is 271 g/mol. The van der Waals surface area contributed by atoms with Gasteiger partial charge in [-0.2, -0.15) is 5.10 Å². The van der Waals surface area contributed by atoms with E-state index in [1.165, 1.54) is 0 Å². The van der Waals surface area contributed by atoms with Gasteiger partial charge in [0, 0.05) is 1.43 Å². The lowest BCUT2D eigenvalue weighted by Crippen LogP contribution is -2.35. The second-order valence-electron chi connectivity index (χ2n) is 4.46. The molecule has 0 heterocycles. The summed E-state index contributed by atoms with van der Waals surface area (Å²) in [5.41, 5.74) is 0.235. The van der Waals surface area contributed by atoms with Gasteiger partial charge in [-0.15, -0.1) is 5.10 Å². The number of alkyl carbamates (subject to hydrolysis) is 1. The summed E-state index contributed by atoms with van der Waals surface area (Å²) in [5.74, 6) is 0.382. The molecule has 0 saturated heterocycles. The lowest BCUT2D eigenvalue weighted by atomic mass is 10.2. The second kappa shape index (κ2) is 10.3. The summed E-state index contributed by atoms with van der Waals surface area (Å²) < 4.78 is 5.07. The van der Waals surface area contributed by atoms with Crippen LogP contribution in [0.5, 0.6) is 0 Å². The van der Waals surface area contributed by atoms with Gasteiger partial charge in [0.15, 0.2) is 0 Å². The van der Waals surface area contributed by atoms with E-state index in [4.69, 9.17) is 4.74 Å².